The van der Waals surface area contributed by atoms with Gasteiger partial charge in [0.15, 0.2) is 0 Å². The zero-order valence-corrected chi connectivity index (χ0v) is 15.2. The van der Waals surface area contributed by atoms with Gasteiger partial charge in [-0.3, -0.25) is 0 Å². The standard InChI is InChI=1S/C20H22O2S2/c21-20(14-8-3-9-15-20)19(23-17-10-4-1-5-11-17)16-24(22)18-12-6-2-7-13-18/h1-2,4-7,10-13,16,21H,3,8-9,14-15H2/b19-16-. The molecule has 1 aliphatic rings. The van der Waals surface area contributed by atoms with Crippen LogP contribution in [0.2, 0.25) is 0 Å². The van der Waals surface area contributed by atoms with Gasteiger partial charge >= 0.3 is 0 Å². The molecular formula is C20H22O2S2. The number of hydrogen-bond donors (Lipinski definition) is 1. The molecule has 2 aromatic rings. The first-order valence-corrected chi connectivity index (χ1v) is 10.3. The molecular weight excluding hydrogens is 336 g/mol. The van der Waals surface area contributed by atoms with Gasteiger partial charge in [-0.25, -0.2) is 4.21 Å². The minimum Gasteiger partial charge on any atom is -0.385 e. The van der Waals surface area contributed by atoms with Crippen LogP contribution in [-0.2, 0) is 10.8 Å². The third-order valence-corrected chi connectivity index (χ3v) is 6.86. The zero-order chi connectivity index (χ0) is 16.8. The number of hydrogen-bond acceptors (Lipinski definition) is 3. The molecule has 4 heteroatoms. The molecule has 2 nitrogen and oxygen atoms in total. The molecule has 1 atom stereocenters. The van der Waals surface area contributed by atoms with E-state index < -0.39 is 16.4 Å². The van der Waals surface area contributed by atoms with Gasteiger partial charge in [0.25, 0.3) is 0 Å². The molecule has 0 amide bonds. The van der Waals surface area contributed by atoms with E-state index in [9.17, 15) is 9.32 Å². The molecule has 3 rings (SSSR count). The summed E-state index contributed by atoms with van der Waals surface area (Å²) in [6.45, 7) is 0. The Morgan fingerprint density at radius 1 is 0.958 bits per heavy atom. The lowest BCUT2D eigenvalue weighted by Gasteiger charge is -2.34. The van der Waals surface area contributed by atoms with E-state index in [0.717, 1.165) is 46.8 Å². The third-order valence-electron chi connectivity index (χ3n) is 4.30. The lowest BCUT2D eigenvalue weighted by molar-refractivity contribution is 0.0478. The summed E-state index contributed by atoms with van der Waals surface area (Å²) in [5.74, 6) is 0. The molecule has 1 fully saturated rings. The molecule has 126 valence electrons. The van der Waals surface area contributed by atoms with Crippen molar-refractivity contribution >= 4 is 22.6 Å². The number of rotatable bonds is 5. The van der Waals surface area contributed by atoms with E-state index in [0.29, 0.717) is 0 Å². The minimum absolute atomic E-state index is 0.741. The average molecular weight is 359 g/mol. The molecule has 24 heavy (non-hydrogen) atoms. The quantitative estimate of drug-likeness (QED) is 0.754. The smallest absolute Gasteiger partial charge is 0.0964 e. The van der Waals surface area contributed by atoms with Crippen LogP contribution in [0.25, 0.3) is 0 Å². The highest BCUT2D eigenvalue weighted by Crippen LogP contribution is 2.42. The van der Waals surface area contributed by atoms with Gasteiger partial charge in [0.2, 0.25) is 0 Å². The molecule has 0 saturated heterocycles. The second-order valence-electron chi connectivity index (χ2n) is 6.10. The minimum atomic E-state index is -1.26. The Hall–Kier alpha value is -1.36. The molecule has 1 unspecified atom stereocenters. The molecule has 0 radical (unpaired) electrons. The van der Waals surface area contributed by atoms with Gasteiger partial charge in [-0.2, -0.15) is 0 Å². The first-order valence-electron chi connectivity index (χ1n) is 8.31. The molecule has 0 aromatic heterocycles. The van der Waals surface area contributed by atoms with E-state index >= 15 is 0 Å². The predicted octanol–water partition coefficient (Wildman–Crippen LogP) is 5.12. The highest BCUT2D eigenvalue weighted by molar-refractivity contribution is 8.04. The summed E-state index contributed by atoms with van der Waals surface area (Å²) in [6.07, 6.45) is 4.67. The van der Waals surface area contributed by atoms with Crippen LogP contribution in [0, 0.1) is 0 Å². The maximum Gasteiger partial charge on any atom is 0.0964 e. The van der Waals surface area contributed by atoms with Crippen molar-refractivity contribution in [3.05, 3.63) is 71.0 Å². The zero-order valence-electron chi connectivity index (χ0n) is 13.6. The normalized spacial score (nSPS) is 19.0. The molecule has 0 spiro atoms. The van der Waals surface area contributed by atoms with Crippen molar-refractivity contribution in [1.82, 2.24) is 0 Å². The Labute approximate surface area is 150 Å². The van der Waals surface area contributed by atoms with Crippen LogP contribution in [0.4, 0.5) is 0 Å². The van der Waals surface area contributed by atoms with Crippen molar-refractivity contribution in [2.45, 2.75) is 47.5 Å². The molecule has 1 saturated carbocycles. The van der Waals surface area contributed by atoms with Crippen molar-refractivity contribution in [3.63, 3.8) is 0 Å². The summed E-state index contributed by atoms with van der Waals surface area (Å²) in [7, 11) is -1.26. The maximum atomic E-state index is 12.7. The largest absolute Gasteiger partial charge is 0.385 e. The summed E-state index contributed by atoms with van der Waals surface area (Å²) >= 11 is 1.54. The summed E-state index contributed by atoms with van der Waals surface area (Å²) in [4.78, 5) is 2.64. The Kier molecular flexibility index (Phi) is 5.93. The Balaban J connectivity index is 1.92. The monoisotopic (exact) mass is 358 g/mol. The third kappa shape index (κ3) is 4.38. The van der Waals surface area contributed by atoms with Gasteiger partial charge in [-0.1, -0.05) is 67.4 Å². The van der Waals surface area contributed by atoms with Gasteiger partial charge in [-0.15, -0.1) is 0 Å². The topological polar surface area (TPSA) is 37.3 Å². The Morgan fingerprint density at radius 2 is 1.54 bits per heavy atom. The number of thioether (sulfide) groups is 1. The van der Waals surface area contributed by atoms with Crippen LogP contribution < -0.4 is 0 Å². The van der Waals surface area contributed by atoms with Crippen molar-refractivity contribution < 1.29 is 9.32 Å². The van der Waals surface area contributed by atoms with Gasteiger partial charge in [-0.05, 0) is 37.1 Å². The van der Waals surface area contributed by atoms with Crippen molar-refractivity contribution in [2.75, 3.05) is 0 Å². The van der Waals surface area contributed by atoms with Crippen molar-refractivity contribution in [3.8, 4) is 0 Å². The van der Waals surface area contributed by atoms with Crippen molar-refractivity contribution in [1.29, 1.82) is 0 Å². The van der Waals surface area contributed by atoms with Gasteiger partial charge in [0.1, 0.15) is 0 Å². The lowest BCUT2D eigenvalue weighted by atomic mass is 9.85. The van der Waals surface area contributed by atoms with Crippen molar-refractivity contribution in [2.24, 2.45) is 0 Å². The second kappa shape index (κ2) is 8.15. The van der Waals surface area contributed by atoms with Crippen LogP contribution in [-0.4, -0.2) is 14.9 Å². The fourth-order valence-electron chi connectivity index (χ4n) is 2.95. The first-order chi connectivity index (χ1) is 11.7. The van der Waals surface area contributed by atoms with Gasteiger partial charge in [0, 0.05) is 20.1 Å². The fraction of sp³-hybridized carbons (Fsp3) is 0.300. The van der Waals surface area contributed by atoms with E-state index in [2.05, 4.69) is 0 Å². The second-order valence-corrected chi connectivity index (χ2v) is 8.52. The van der Waals surface area contributed by atoms with Gasteiger partial charge in [0.05, 0.1) is 16.4 Å². The van der Waals surface area contributed by atoms with Crippen LogP contribution >= 0.6 is 11.8 Å². The van der Waals surface area contributed by atoms with E-state index in [1.165, 1.54) is 11.8 Å². The molecule has 2 aromatic carbocycles. The average Bonchev–Trinajstić information content (AvgIpc) is 2.63. The van der Waals surface area contributed by atoms with Crippen LogP contribution in [0.3, 0.4) is 0 Å². The van der Waals surface area contributed by atoms with E-state index in [-0.39, 0.29) is 0 Å². The summed E-state index contributed by atoms with van der Waals surface area (Å²) in [5.41, 5.74) is -0.858. The number of aliphatic hydroxyl groups is 1. The Morgan fingerprint density at radius 3 is 2.17 bits per heavy atom. The maximum absolute atomic E-state index is 12.7. The number of benzene rings is 2. The van der Waals surface area contributed by atoms with Gasteiger partial charge < -0.3 is 5.11 Å². The van der Waals surface area contributed by atoms with E-state index in [1.807, 2.05) is 60.7 Å². The Bertz CT molecular complexity index is 705. The SMILES string of the molecule is O=S(/C=C(\Sc1ccccc1)C1(O)CCCCC1)c1ccccc1. The molecule has 0 aliphatic heterocycles. The van der Waals surface area contributed by atoms with Crippen LogP contribution in [0.1, 0.15) is 32.1 Å². The van der Waals surface area contributed by atoms with E-state index in [1.54, 1.807) is 5.41 Å². The highest BCUT2D eigenvalue weighted by atomic mass is 32.2. The summed E-state index contributed by atoms with van der Waals surface area (Å²) < 4.78 is 12.7. The molecule has 1 aliphatic carbocycles. The van der Waals surface area contributed by atoms with E-state index in [4.69, 9.17) is 0 Å². The summed E-state index contributed by atoms with van der Waals surface area (Å²) in [5, 5.41) is 12.9. The predicted molar refractivity (Wildman–Crippen MR) is 101 cm³/mol. The molecule has 0 bridgehead atoms. The highest BCUT2D eigenvalue weighted by Gasteiger charge is 2.34. The first kappa shape index (κ1) is 17.5. The fourth-order valence-corrected chi connectivity index (χ4v) is 5.32. The lowest BCUT2D eigenvalue weighted by Crippen LogP contribution is -2.32. The molecule has 0 heterocycles. The summed E-state index contributed by atoms with van der Waals surface area (Å²) in [6, 6.07) is 19.4. The van der Waals surface area contributed by atoms with Crippen LogP contribution in [0.5, 0.6) is 0 Å². The molecule has 1 N–H and O–H groups in total. The van der Waals surface area contributed by atoms with Crippen LogP contribution in [0.15, 0.2) is 80.8 Å².